The molecule has 18 heavy (non-hydrogen) atoms. The summed E-state index contributed by atoms with van der Waals surface area (Å²) in [6.45, 7) is 4.08. The Kier molecular flexibility index (Phi) is 3.16. The fourth-order valence-electron chi connectivity index (χ4n) is 3.11. The summed E-state index contributed by atoms with van der Waals surface area (Å²) in [7, 11) is 0. The third-order valence-electron chi connectivity index (χ3n) is 4.34. The van der Waals surface area contributed by atoms with E-state index in [0.29, 0.717) is 0 Å². The van der Waals surface area contributed by atoms with Gasteiger partial charge in [0.1, 0.15) is 5.60 Å². The standard InChI is InChI=1S/C16H23NO/c1-2-4-13-5-3-6-14(11-13)16(18)9-10-17(12-16)15-7-8-15/h3,5-6,11,15,18H,2,4,7-10,12H2,1H3. The lowest BCUT2D eigenvalue weighted by Crippen LogP contribution is -2.31. The number of hydrogen-bond acceptors (Lipinski definition) is 2. The van der Waals surface area contributed by atoms with E-state index >= 15 is 0 Å². The van der Waals surface area contributed by atoms with Crippen LogP contribution in [0.25, 0.3) is 0 Å². The smallest absolute Gasteiger partial charge is 0.103 e. The molecule has 0 amide bonds. The molecule has 1 heterocycles. The van der Waals surface area contributed by atoms with Gasteiger partial charge in [0, 0.05) is 19.1 Å². The van der Waals surface area contributed by atoms with Crippen molar-refractivity contribution in [2.75, 3.05) is 13.1 Å². The first-order valence-corrected chi connectivity index (χ1v) is 7.27. The molecule has 3 rings (SSSR count). The second-order valence-electron chi connectivity index (χ2n) is 5.93. The summed E-state index contributed by atoms with van der Waals surface area (Å²) in [4.78, 5) is 2.46. The van der Waals surface area contributed by atoms with Gasteiger partial charge in [-0.2, -0.15) is 0 Å². The predicted molar refractivity (Wildman–Crippen MR) is 73.5 cm³/mol. The van der Waals surface area contributed by atoms with E-state index in [4.69, 9.17) is 0 Å². The van der Waals surface area contributed by atoms with E-state index in [-0.39, 0.29) is 0 Å². The van der Waals surface area contributed by atoms with Crippen molar-refractivity contribution in [3.63, 3.8) is 0 Å². The normalized spacial score (nSPS) is 28.8. The maximum atomic E-state index is 10.9. The molecule has 1 aromatic carbocycles. The van der Waals surface area contributed by atoms with Crippen LogP contribution in [0, 0.1) is 0 Å². The molecule has 2 heteroatoms. The number of nitrogens with zero attached hydrogens (tertiary/aromatic N) is 1. The molecule has 0 aromatic heterocycles. The Morgan fingerprint density at radius 1 is 1.39 bits per heavy atom. The summed E-state index contributed by atoms with van der Waals surface area (Å²) < 4.78 is 0. The molecule has 2 fully saturated rings. The fourth-order valence-corrected chi connectivity index (χ4v) is 3.11. The Hall–Kier alpha value is -0.860. The number of likely N-dealkylation sites (tertiary alicyclic amines) is 1. The van der Waals surface area contributed by atoms with Crippen LogP contribution in [0.4, 0.5) is 0 Å². The SMILES string of the molecule is CCCc1cccc(C2(O)CCN(C3CC3)C2)c1. The van der Waals surface area contributed by atoms with Crippen LogP contribution in [0.5, 0.6) is 0 Å². The van der Waals surface area contributed by atoms with Gasteiger partial charge < -0.3 is 5.11 Å². The lowest BCUT2D eigenvalue weighted by atomic mass is 9.91. The maximum Gasteiger partial charge on any atom is 0.103 e. The van der Waals surface area contributed by atoms with E-state index in [1.54, 1.807) is 0 Å². The summed E-state index contributed by atoms with van der Waals surface area (Å²) in [6, 6.07) is 9.33. The summed E-state index contributed by atoms with van der Waals surface area (Å²) >= 11 is 0. The first-order chi connectivity index (χ1) is 8.71. The molecule has 1 unspecified atom stereocenters. The number of benzene rings is 1. The highest BCUT2D eigenvalue weighted by Crippen LogP contribution is 2.38. The minimum atomic E-state index is -0.605. The van der Waals surface area contributed by atoms with Crippen molar-refractivity contribution in [3.05, 3.63) is 35.4 Å². The summed E-state index contributed by atoms with van der Waals surface area (Å²) in [5.74, 6) is 0. The summed E-state index contributed by atoms with van der Waals surface area (Å²) in [6.07, 6.45) is 5.81. The van der Waals surface area contributed by atoms with Gasteiger partial charge in [-0.25, -0.2) is 0 Å². The number of rotatable bonds is 4. The third-order valence-corrected chi connectivity index (χ3v) is 4.34. The Bertz CT molecular complexity index is 427. The molecule has 0 radical (unpaired) electrons. The summed E-state index contributed by atoms with van der Waals surface area (Å²) in [5, 5.41) is 10.9. The van der Waals surface area contributed by atoms with E-state index in [0.717, 1.165) is 44.0 Å². The second-order valence-corrected chi connectivity index (χ2v) is 5.93. The van der Waals surface area contributed by atoms with Crippen molar-refractivity contribution in [2.24, 2.45) is 0 Å². The largest absolute Gasteiger partial charge is 0.384 e. The van der Waals surface area contributed by atoms with Crippen molar-refractivity contribution in [2.45, 2.75) is 50.7 Å². The molecular weight excluding hydrogens is 222 g/mol. The predicted octanol–water partition coefficient (Wildman–Crippen LogP) is 2.69. The summed E-state index contributed by atoms with van der Waals surface area (Å²) in [5.41, 5.74) is 1.87. The van der Waals surface area contributed by atoms with Gasteiger partial charge in [-0.05, 0) is 36.8 Å². The Morgan fingerprint density at radius 3 is 2.94 bits per heavy atom. The third kappa shape index (κ3) is 2.32. The Balaban J connectivity index is 1.78. The average Bonchev–Trinajstić information content (AvgIpc) is 3.14. The van der Waals surface area contributed by atoms with E-state index < -0.39 is 5.60 Å². The lowest BCUT2D eigenvalue weighted by molar-refractivity contribution is 0.0451. The Labute approximate surface area is 110 Å². The van der Waals surface area contributed by atoms with Crippen molar-refractivity contribution < 1.29 is 5.11 Å². The van der Waals surface area contributed by atoms with Crippen LogP contribution < -0.4 is 0 Å². The van der Waals surface area contributed by atoms with Crippen LogP contribution in [0.2, 0.25) is 0 Å². The van der Waals surface area contributed by atoms with Gasteiger partial charge in [0.05, 0.1) is 0 Å². The fraction of sp³-hybridized carbons (Fsp3) is 0.625. The molecule has 2 aliphatic rings. The molecule has 1 N–H and O–H groups in total. The van der Waals surface area contributed by atoms with Gasteiger partial charge in [-0.15, -0.1) is 0 Å². The van der Waals surface area contributed by atoms with Gasteiger partial charge in [-0.1, -0.05) is 37.6 Å². The highest BCUT2D eigenvalue weighted by Gasteiger charge is 2.42. The molecule has 1 aromatic rings. The molecule has 98 valence electrons. The number of aryl methyl sites for hydroxylation is 1. The van der Waals surface area contributed by atoms with Crippen LogP contribution in [0.3, 0.4) is 0 Å². The number of hydrogen-bond donors (Lipinski definition) is 1. The first-order valence-electron chi connectivity index (χ1n) is 7.27. The highest BCUT2D eigenvalue weighted by molar-refractivity contribution is 5.30. The van der Waals surface area contributed by atoms with Crippen LogP contribution >= 0.6 is 0 Å². The molecule has 0 spiro atoms. The minimum absolute atomic E-state index is 0.605. The zero-order chi connectivity index (χ0) is 12.6. The van der Waals surface area contributed by atoms with Crippen molar-refractivity contribution in [3.8, 4) is 0 Å². The molecule has 1 aliphatic carbocycles. The Morgan fingerprint density at radius 2 is 2.22 bits per heavy atom. The monoisotopic (exact) mass is 245 g/mol. The van der Waals surface area contributed by atoms with Gasteiger partial charge >= 0.3 is 0 Å². The number of aliphatic hydroxyl groups is 1. The van der Waals surface area contributed by atoms with Crippen LogP contribution in [-0.2, 0) is 12.0 Å². The van der Waals surface area contributed by atoms with Gasteiger partial charge in [-0.3, -0.25) is 4.90 Å². The van der Waals surface area contributed by atoms with Gasteiger partial charge in [0.15, 0.2) is 0 Å². The molecule has 2 nitrogen and oxygen atoms in total. The molecule has 1 atom stereocenters. The van der Waals surface area contributed by atoms with E-state index in [2.05, 4.69) is 36.1 Å². The number of β-amino-alcohol motifs (C(OH)–C–C–N with tert-alkyl or cyclic N) is 1. The molecule has 0 bridgehead atoms. The average molecular weight is 245 g/mol. The van der Waals surface area contributed by atoms with Gasteiger partial charge in [0.25, 0.3) is 0 Å². The van der Waals surface area contributed by atoms with E-state index in [9.17, 15) is 5.11 Å². The minimum Gasteiger partial charge on any atom is -0.384 e. The molecular formula is C16H23NO. The maximum absolute atomic E-state index is 10.9. The van der Waals surface area contributed by atoms with Crippen molar-refractivity contribution >= 4 is 0 Å². The topological polar surface area (TPSA) is 23.5 Å². The van der Waals surface area contributed by atoms with Crippen LogP contribution in [0.15, 0.2) is 24.3 Å². The van der Waals surface area contributed by atoms with E-state index in [1.165, 1.54) is 18.4 Å². The zero-order valence-electron chi connectivity index (χ0n) is 11.2. The second kappa shape index (κ2) is 4.67. The molecule has 1 saturated carbocycles. The quantitative estimate of drug-likeness (QED) is 0.881. The lowest BCUT2D eigenvalue weighted by Gasteiger charge is -2.24. The van der Waals surface area contributed by atoms with Crippen molar-refractivity contribution in [1.29, 1.82) is 0 Å². The molecule has 1 saturated heterocycles. The first kappa shape index (κ1) is 12.2. The zero-order valence-corrected chi connectivity index (χ0v) is 11.2. The van der Waals surface area contributed by atoms with Crippen LogP contribution in [0.1, 0.15) is 43.7 Å². The van der Waals surface area contributed by atoms with E-state index in [1.807, 2.05) is 0 Å². The van der Waals surface area contributed by atoms with Crippen LogP contribution in [-0.4, -0.2) is 29.1 Å². The van der Waals surface area contributed by atoms with Gasteiger partial charge in [0.2, 0.25) is 0 Å². The molecule has 1 aliphatic heterocycles. The van der Waals surface area contributed by atoms with Crippen molar-refractivity contribution in [1.82, 2.24) is 4.90 Å². The highest BCUT2D eigenvalue weighted by atomic mass is 16.3.